The van der Waals surface area contributed by atoms with Gasteiger partial charge in [-0.1, -0.05) is 0 Å². The Labute approximate surface area is 79.7 Å². The van der Waals surface area contributed by atoms with Crippen LogP contribution in [0.25, 0.3) is 0 Å². The van der Waals surface area contributed by atoms with Crippen LogP contribution in [0, 0.1) is 0 Å². The highest BCUT2D eigenvalue weighted by Crippen LogP contribution is 1.82. The molecule has 0 amide bonds. The van der Waals surface area contributed by atoms with E-state index in [-0.39, 0.29) is 0 Å². The molecular formula is C7H16N2S2. The first kappa shape index (κ1) is 11.2. The van der Waals surface area contributed by atoms with Crippen LogP contribution in [0.4, 0.5) is 0 Å². The van der Waals surface area contributed by atoms with Crippen LogP contribution in [-0.4, -0.2) is 30.9 Å². The van der Waals surface area contributed by atoms with Gasteiger partial charge in [-0.25, -0.2) is 0 Å². The van der Waals surface area contributed by atoms with Gasteiger partial charge < -0.3 is 5.32 Å². The maximum Gasteiger partial charge on any atom is 0.0823 e. The zero-order valence-corrected chi connectivity index (χ0v) is 8.45. The van der Waals surface area contributed by atoms with Gasteiger partial charge in [0.2, 0.25) is 0 Å². The van der Waals surface area contributed by atoms with Crippen molar-refractivity contribution in [2.45, 2.75) is 12.8 Å². The Bertz CT molecular complexity index is 96.4. The van der Waals surface area contributed by atoms with Crippen molar-refractivity contribution in [1.29, 1.82) is 0 Å². The van der Waals surface area contributed by atoms with Gasteiger partial charge in [0.05, 0.1) is 6.34 Å². The summed E-state index contributed by atoms with van der Waals surface area (Å²) in [6.45, 7) is 1.84. The summed E-state index contributed by atoms with van der Waals surface area (Å²) in [5.41, 5.74) is 0. The fraction of sp³-hybridized carbons (Fsp3) is 0.857. The molecule has 66 valence electrons. The van der Waals surface area contributed by atoms with Gasteiger partial charge in [0, 0.05) is 13.1 Å². The summed E-state index contributed by atoms with van der Waals surface area (Å²) in [6, 6.07) is 0. The van der Waals surface area contributed by atoms with Crippen molar-refractivity contribution in [3.63, 3.8) is 0 Å². The van der Waals surface area contributed by atoms with Gasteiger partial charge in [0.1, 0.15) is 0 Å². The first-order chi connectivity index (χ1) is 5.41. The Morgan fingerprint density at radius 2 is 1.91 bits per heavy atom. The Hall–Kier alpha value is 0.170. The molecule has 11 heavy (non-hydrogen) atoms. The molecule has 1 N–H and O–H groups in total. The lowest BCUT2D eigenvalue weighted by molar-refractivity contribution is 0.850. The van der Waals surface area contributed by atoms with Gasteiger partial charge in [-0.2, -0.15) is 25.3 Å². The molecule has 0 aromatic heterocycles. The van der Waals surface area contributed by atoms with Crippen molar-refractivity contribution in [3.05, 3.63) is 0 Å². The Morgan fingerprint density at radius 1 is 1.18 bits per heavy atom. The first-order valence-corrected chi connectivity index (χ1v) is 5.11. The van der Waals surface area contributed by atoms with Crippen molar-refractivity contribution in [1.82, 2.24) is 5.32 Å². The van der Waals surface area contributed by atoms with E-state index in [4.69, 9.17) is 0 Å². The van der Waals surface area contributed by atoms with Crippen LogP contribution in [0.2, 0.25) is 0 Å². The summed E-state index contributed by atoms with van der Waals surface area (Å²) in [7, 11) is 0. The smallest absolute Gasteiger partial charge is 0.0823 e. The zero-order chi connectivity index (χ0) is 8.36. The highest BCUT2D eigenvalue weighted by Gasteiger charge is 1.80. The van der Waals surface area contributed by atoms with Crippen molar-refractivity contribution in [2.75, 3.05) is 24.6 Å². The largest absolute Gasteiger partial charge is 0.376 e. The van der Waals surface area contributed by atoms with E-state index in [2.05, 4.69) is 35.6 Å². The molecule has 0 saturated carbocycles. The lowest BCUT2D eigenvalue weighted by atomic mass is 10.5. The number of aliphatic imine (C=N–C) groups is 1. The van der Waals surface area contributed by atoms with E-state index in [1.165, 1.54) is 0 Å². The number of hydrogen-bond acceptors (Lipinski definition) is 3. The molecule has 0 radical (unpaired) electrons. The number of thiol groups is 2. The molecular weight excluding hydrogens is 176 g/mol. The van der Waals surface area contributed by atoms with Gasteiger partial charge in [0.15, 0.2) is 0 Å². The Balaban J connectivity index is 2.91. The molecule has 0 fully saturated rings. The van der Waals surface area contributed by atoms with Crippen molar-refractivity contribution >= 4 is 31.6 Å². The van der Waals surface area contributed by atoms with Crippen molar-refractivity contribution in [3.8, 4) is 0 Å². The molecule has 0 spiro atoms. The summed E-state index contributed by atoms with van der Waals surface area (Å²) < 4.78 is 0. The lowest BCUT2D eigenvalue weighted by Crippen LogP contribution is -2.13. The fourth-order valence-electron chi connectivity index (χ4n) is 0.537. The SMILES string of the molecule is SCCCN=CNCCCS. The molecule has 0 rings (SSSR count). The van der Waals surface area contributed by atoms with Crippen LogP contribution in [0.3, 0.4) is 0 Å². The average Bonchev–Trinajstić information content (AvgIpc) is 2.03. The normalized spacial score (nSPS) is 10.7. The third-order valence-electron chi connectivity index (χ3n) is 1.11. The predicted octanol–water partition coefficient (Wildman–Crippen LogP) is 1.24. The van der Waals surface area contributed by atoms with E-state index in [0.717, 1.165) is 37.4 Å². The molecule has 4 heteroatoms. The summed E-state index contributed by atoms with van der Waals surface area (Å²) in [5, 5.41) is 3.08. The van der Waals surface area contributed by atoms with E-state index in [0.29, 0.717) is 0 Å². The molecule has 0 aliphatic rings. The molecule has 2 nitrogen and oxygen atoms in total. The minimum absolute atomic E-state index is 0.872. The maximum absolute atomic E-state index is 4.12. The Morgan fingerprint density at radius 3 is 2.55 bits per heavy atom. The second kappa shape index (κ2) is 10.2. The van der Waals surface area contributed by atoms with E-state index < -0.39 is 0 Å². The predicted molar refractivity (Wildman–Crippen MR) is 58.3 cm³/mol. The molecule has 0 unspecified atom stereocenters. The van der Waals surface area contributed by atoms with Gasteiger partial charge >= 0.3 is 0 Å². The van der Waals surface area contributed by atoms with E-state index in [1.54, 1.807) is 6.34 Å². The number of hydrogen-bond donors (Lipinski definition) is 3. The maximum atomic E-state index is 4.12. The van der Waals surface area contributed by atoms with E-state index in [9.17, 15) is 0 Å². The van der Waals surface area contributed by atoms with Crippen LogP contribution in [0.5, 0.6) is 0 Å². The van der Waals surface area contributed by atoms with Crippen LogP contribution in [0.15, 0.2) is 4.99 Å². The highest BCUT2D eigenvalue weighted by atomic mass is 32.1. The first-order valence-electron chi connectivity index (χ1n) is 3.85. The number of nitrogens with zero attached hydrogens (tertiary/aromatic N) is 1. The van der Waals surface area contributed by atoms with Gasteiger partial charge in [-0.05, 0) is 24.3 Å². The second-order valence-corrected chi connectivity index (χ2v) is 3.04. The molecule has 0 aromatic carbocycles. The summed E-state index contributed by atoms with van der Waals surface area (Å²) >= 11 is 8.16. The topological polar surface area (TPSA) is 24.4 Å². The van der Waals surface area contributed by atoms with E-state index in [1.807, 2.05) is 0 Å². The average molecular weight is 192 g/mol. The lowest BCUT2D eigenvalue weighted by Gasteiger charge is -1.95. The number of rotatable bonds is 7. The molecule has 0 bridgehead atoms. The summed E-state index contributed by atoms with van der Waals surface area (Å²) in [5.74, 6) is 1.84. The third-order valence-corrected chi connectivity index (χ3v) is 1.74. The molecule has 0 aliphatic heterocycles. The summed E-state index contributed by atoms with van der Waals surface area (Å²) in [4.78, 5) is 4.12. The van der Waals surface area contributed by atoms with Gasteiger partial charge in [0.25, 0.3) is 0 Å². The molecule has 0 aromatic rings. The molecule has 0 atom stereocenters. The van der Waals surface area contributed by atoms with E-state index >= 15 is 0 Å². The standard InChI is InChI=1S/C7H16N2S2/c10-5-1-3-8-7-9-4-2-6-11/h7,10-11H,1-6H2,(H,8,9). The molecule has 0 aliphatic carbocycles. The monoisotopic (exact) mass is 192 g/mol. The van der Waals surface area contributed by atoms with Crippen molar-refractivity contribution < 1.29 is 0 Å². The number of nitrogens with one attached hydrogen (secondary N) is 1. The highest BCUT2D eigenvalue weighted by molar-refractivity contribution is 7.80. The summed E-state index contributed by atoms with van der Waals surface area (Å²) in [6.07, 6.45) is 3.91. The Kier molecular flexibility index (Phi) is 10.3. The second-order valence-electron chi connectivity index (χ2n) is 2.14. The zero-order valence-electron chi connectivity index (χ0n) is 6.66. The minimum Gasteiger partial charge on any atom is -0.376 e. The fourth-order valence-corrected chi connectivity index (χ4v) is 0.836. The van der Waals surface area contributed by atoms with Gasteiger partial charge in [-0.15, -0.1) is 0 Å². The van der Waals surface area contributed by atoms with Crippen LogP contribution < -0.4 is 5.32 Å². The molecule has 0 saturated heterocycles. The van der Waals surface area contributed by atoms with Crippen LogP contribution in [0.1, 0.15) is 12.8 Å². The minimum atomic E-state index is 0.872. The van der Waals surface area contributed by atoms with Crippen LogP contribution >= 0.6 is 25.3 Å². The van der Waals surface area contributed by atoms with Crippen molar-refractivity contribution in [2.24, 2.45) is 4.99 Å². The van der Waals surface area contributed by atoms with Gasteiger partial charge in [-0.3, -0.25) is 4.99 Å². The van der Waals surface area contributed by atoms with Crippen LogP contribution in [-0.2, 0) is 0 Å². The molecule has 0 heterocycles. The third kappa shape index (κ3) is 10.2. The quantitative estimate of drug-likeness (QED) is 0.240.